The van der Waals surface area contributed by atoms with Crippen molar-refractivity contribution < 1.29 is 17.0 Å². The Balaban J connectivity index is 2.85. The molecule has 1 aromatic rings. The molecule has 0 aliphatic heterocycles. The van der Waals surface area contributed by atoms with Gasteiger partial charge >= 0.3 is 10.1 Å². The molecule has 0 unspecified atom stereocenters. The van der Waals surface area contributed by atoms with Gasteiger partial charge in [-0.05, 0) is 24.3 Å². The largest absolute Gasteiger partial charge is 0.383 e. The summed E-state index contributed by atoms with van der Waals surface area (Å²) in [7, 11) is -3.51. The molecule has 0 bridgehead atoms. The van der Waals surface area contributed by atoms with Crippen LogP contribution in [0.15, 0.2) is 24.3 Å². The molecule has 3 nitrogen and oxygen atoms in total. The summed E-state index contributed by atoms with van der Waals surface area (Å²) in [5, 5.41) is 0. The summed E-state index contributed by atoms with van der Waals surface area (Å²) in [6.07, 6.45) is 0.927. The fraction of sp³-hybridized carbons (Fsp3) is 0.143. The van der Waals surface area contributed by atoms with Crippen molar-refractivity contribution in [2.45, 2.75) is 0 Å². The van der Waals surface area contributed by atoms with Crippen LogP contribution in [0, 0.1) is 5.82 Å². The molecule has 1 aromatic carbocycles. The maximum absolute atomic E-state index is 12.3. The van der Waals surface area contributed by atoms with E-state index in [2.05, 4.69) is 4.18 Å². The lowest BCUT2D eigenvalue weighted by molar-refractivity contribution is 0.492. The van der Waals surface area contributed by atoms with Crippen LogP contribution >= 0.6 is 0 Å². The molecule has 0 atom stereocenters. The molecule has 0 saturated heterocycles. The molecule has 0 spiro atoms. The number of benzene rings is 1. The van der Waals surface area contributed by atoms with Crippen LogP contribution in [0.3, 0.4) is 0 Å². The van der Waals surface area contributed by atoms with Gasteiger partial charge in [-0.1, -0.05) is 0 Å². The average molecular weight is 190 g/mol. The van der Waals surface area contributed by atoms with Crippen LogP contribution in [-0.4, -0.2) is 14.7 Å². The van der Waals surface area contributed by atoms with Crippen LogP contribution in [0.2, 0.25) is 0 Å². The Labute approximate surface area is 69.9 Å². The third-order valence-electron chi connectivity index (χ3n) is 1.06. The molecule has 0 aromatic heterocycles. The minimum absolute atomic E-state index is 0.110. The second-order valence-corrected chi connectivity index (χ2v) is 3.82. The summed E-state index contributed by atoms with van der Waals surface area (Å²) < 4.78 is 37.9. The molecule has 0 heterocycles. The SMILES string of the molecule is CS(=O)(=O)Oc1ccc(F)cc1. The molecule has 0 amide bonds. The highest BCUT2D eigenvalue weighted by Crippen LogP contribution is 2.12. The van der Waals surface area contributed by atoms with Crippen molar-refractivity contribution in [1.82, 2.24) is 0 Å². The topological polar surface area (TPSA) is 43.4 Å². The maximum atomic E-state index is 12.3. The summed E-state index contributed by atoms with van der Waals surface area (Å²) in [6, 6.07) is 4.74. The van der Waals surface area contributed by atoms with Gasteiger partial charge in [-0.2, -0.15) is 8.42 Å². The molecular formula is C7H7FO3S. The zero-order valence-corrected chi connectivity index (χ0v) is 7.14. The minimum atomic E-state index is -3.51. The number of rotatable bonds is 2. The molecule has 12 heavy (non-hydrogen) atoms. The second-order valence-electron chi connectivity index (χ2n) is 2.24. The Kier molecular flexibility index (Phi) is 2.32. The van der Waals surface area contributed by atoms with Crippen molar-refractivity contribution in [1.29, 1.82) is 0 Å². The lowest BCUT2D eigenvalue weighted by Crippen LogP contribution is -2.05. The number of hydrogen-bond acceptors (Lipinski definition) is 3. The van der Waals surface area contributed by atoms with E-state index < -0.39 is 15.9 Å². The number of halogens is 1. The Morgan fingerprint density at radius 3 is 2.17 bits per heavy atom. The van der Waals surface area contributed by atoms with Crippen molar-refractivity contribution in [2.75, 3.05) is 6.26 Å². The minimum Gasteiger partial charge on any atom is -0.383 e. The van der Waals surface area contributed by atoms with Gasteiger partial charge in [-0.25, -0.2) is 4.39 Å². The van der Waals surface area contributed by atoms with Crippen molar-refractivity contribution in [2.24, 2.45) is 0 Å². The van der Waals surface area contributed by atoms with E-state index in [1.54, 1.807) is 0 Å². The van der Waals surface area contributed by atoms with E-state index in [9.17, 15) is 12.8 Å². The van der Waals surface area contributed by atoms with Gasteiger partial charge in [0.05, 0.1) is 6.26 Å². The Morgan fingerprint density at radius 1 is 1.25 bits per heavy atom. The van der Waals surface area contributed by atoms with Crippen LogP contribution in [-0.2, 0) is 10.1 Å². The van der Waals surface area contributed by atoms with E-state index in [4.69, 9.17) is 0 Å². The van der Waals surface area contributed by atoms with Gasteiger partial charge in [0.2, 0.25) is 0 Å². The summed E-state index contributed by atoms with van der Waals surface area (Å²) in [6.45, 7) is 0. The van der Waals surface area contributed by atoms with E-state index in [0.29, 0.717) is 0 Å². The molecule has 0 radical (unpaired) electrons. The van der Waals surface area contributed by atoms with Gasteiger partial charge in [-0.15, -0.1) is 0 Å². The highest BCUT2D eigenvalue weighted by Gasteiger charge is 2.02. The average Bonchev–Trinajstić information content (AvgIpc) is 1.91. The zero-order valence-electron chi connectivity index (χ0n) is 6.32. The molecule has 1 rings (SSSR count). The van der Waals surface area contributed by atoms with Crippen molar-refractivity contribution in [3.63, 3.8) is 0 Å². The van der Waals surface area contributed by atoms with Gasteiger partial charge in [0.25, 0.3) is 0 Å². The molecule has 0 aliphatic rings. The van der Waals surface area contributed by atoms with Crippen LogP contribution < -0.4 is 4.18 Å². The van der Waals surface area contributed by atoms with Crippen LogP contribution in [0.4, 0.5) is 4.39 Å². The van der Waals surface area contributed by atoms with Crippen LogP contribution in [0.1, 0.15) is 0 Å². The van der Waals surface area contributed by atoms with Crippen molar-refractivity contribution in [3.8, 4) is 5.75 Å². The molecule has 66 valence electrons. The summed E-state index contributed by atoms with van der Waals surface area (Å²) >= 11 is 0. The first-order valence-electron chi connectivity index (χ1n) is 3.12. The van der Waals surface area contributed by atoms with Gasteiger partial charge in [-0.3, -0.25) is 0 Å². The maximum Gasteiger partial charge on any atom is 0.306 e. The predicted octanol–water partition coefficient (Wildman–Crippen LogP) is 1.16. The number of hydrogen-bond donors (Lipinski definition) is 0. The Morgan fingerprint density at radius 2 is 1.75 bits per heavy atom. The van der Waals surface area contributed by atoms with E-state index in [0.717, 1.165) is 18.4 Å². The van der Waals surface area contributed by atoms with Gasteiger partial charge in [0, 0.05) is 0 Å². The molecule has 0 N–H and O–H groups in total. The summed E-state index contributed by atoms with van der Waals surface area (Å²) in [4.78, 5) is 0. The highest BCUT2D eigenvalue weighted by atomic mass is 32.2. The first-order chi connectivity index (χ1) is 5.47. The summed E-state index contributed by atoms with van der Waals surface area (Å²) in [5.74, 6) is -0.324. The summed E-state index contributed by atoms with van der Waals surface area (Å²) in [5.41, 5.74) is 0. The standard InChI is InChI=1S/C7H7FO3S/c1-12(9,10)11-7-4-2-6(8)3-5-7/h2-5H,1H3. The Bertz CT molecular complexity index is 355. The Hall–Kier alpha value is -1.10. The highest BCUT2D eigenvalue weighted by molar-refractivity contribution is 7.86. The van der Waals surface area contributed by atoms with E-state index in [1.165, 1.54) is 12.1 Å². The third-order valence-corrected chi connectivity index (χ3v) is 1.56. The first kappa shape index (κ1) is 8.99. The zero-order chi connectivity index (χ0) is 9.19. The lowest BCUT2D eigenvalue weighted by atomic mass is 10.3. The molecule has 0 fully saturated rings. The predicted molar refractivity (Wildman–Crippen MR) is 41.9 cm³/mol. The quantitative estimate of drug-likeness (QED) is 0.657. The second kappa shape index (κ2) is 3.10. The van der Waals surface area contributed by atoms with Crippen LogP contribution in [0.5, 0.6) is 5.75 Å². The van der Waals surface area contributed by atoms with Crippen LogP contribution in [0.25, 0.3) is 0 Å². The molecule has 0 saturated carbocycles. The normalized spacial score (nSPS) is 11.2. The van der Waals surface area contributed by atoms with Gasteiger partial charge in [0.1, 0.15) is 11.6 Å². The van der Waals surface area contributed by atoms with E-state index in [-0.39, 0.29) is 5.75 Å². The lowest BCUT2D eigenvalue weighted by Gasteiger charge is -2.00. The van der Waals surface area contributed by atoms with Gasteiger partial charge in [0.15, 0.2) is 0 Å². The molecule has 0 aliphatic carbocycles. The fourth-order valence-electron chi connectivity index (χ4n) is 0.665. The van der Waals surface area contributed by atoms with Crippen molar-refractivity contribution >= 4 is 10.1 Å². The first-order valence-corrected chi connectivity index (χ1v) is 4.94. The van der Waals surface area contributed by atoms with Gasteiger partial charge < -0.3 is 4.18 Å². The monoisotopic (exact) mass is 190 g/mol. The molecule has 5 heteroatoms. The van der Waals surface area contributed by atoms with Crippen molar-refractivity contribution in [3.05, 3.63) is 30.1 Å². The smallest absolute Gasteiger partial charge is 0.306 e. The van der Waals surface area contributed by atoms with E-state index in [1.807, 2.05) is 0 Å². The van der Waals surface area contributed by atoms with E-state index >= 15 is 0 Å². The molecular weight excluding hydrogens is 183 g/mol. The fourth-order valence-corrected chi connectivity index (χ4v) is 1.13. The third kappa shape index (κ3) is 2.87.